The number of ether oxygens (including phenoxy) is 1. The molecule has 1 unspecified atom stereocenters. The Hall–Kier alpha value is -1.30. The first-order chi connectivity index (χ1) is 8.63. The number of urea groups is 1. The van der Waals surface area contributed by atoms with Crippen molar-refractivity contribution in [3.8, 4) is 0 Å². The number of carbonyl (C=O) groups is 2. The van der Waals surface area contributed by atoms with E-state index in [0.29, 0.717) is 13.0 Å². The molecule has 0 aromatic carbocycles. The number of hydrogen-bond acceptors (Lipinski definition) is 4. The third kappa shape index (κ3) is 2.58. The molecule has 0 aromatic rings. The molecule has 2 amide bonds. The smallest absolute Gasteiger partial charge is 0.346 e. The molecule has 1 saturated heterocycles. The van der Waals surface area contributed by atoms with Gasteiger partial charge in [0.2, 0.25) is 0 Å². The molecule has 6 nitrogen and oxygen atoms in total. The van der Waals surface area contributed by atoms with E-state index >= 15 is 0 Å². The van der Waals surface area contributed by atoms with Crippen LogP contribution in [0.2, 0.25) is 0 Å². The SMILES string of the molecule is CON1CCC(OC(=O)C2CCCC2)N(C)C1=O. The van der Waals surface area contributed by atoms with Crippen LogP contribution in [0, 0.1) is 5.92 Å². The highest BCUT2D eigenvalue weighted by atomic mass is 16.7. The van der Waals surface area contributed by atoms with Gasteiger partial charge in [0.05, 0.1) is 19.6 Å². The summed E-state index contributed by atoms with van der Waals surface area (Å²) < 4.78 is 5.43. The molecule has 1 atom stereocenters. The van der Waals surface area contributed by atoms with Crippen LogP contribution in [-0.2, 0) is 14.4 Å². The monoisotopic (exact) mass is 256 g/mol. The van der Waals surface area contributed by atoms with Crippen molar-refractivity contribution in [2.45, 2.75) is 38.3 Å². The number of nitrogens with zero attached hydrogens (tertiary/aromatic N) is 2. The van der Waals surface area contributed by atoms with Crippen molar-refractivity contribution in [2.24, 2.45) is 5.92 Å². The molecule has 0 aromatic heterocycles. The predicted octanol–water partition coefficient (Wildman–Crippen LogP) is 1.36. The minimum Gasteiger partial charge on any atom is -0.441 e. The largest absolute Gasteiger partial charge is 0.441 e. The maximum absolute atomic E-state index is 11.9. The van der Waals surface area contributed by atoms with Gasteiger partial charge in [0, 0.05) is 13.5 Å². The first kappa shape index (κ1) is 13.1. The van der Waals surface area contributed by atoms with E-state index in [1.807, 2.05) is 0 Å². The van der Waals surface area contributed by atoms with E-state index in [1.165, 1.54) is 17.1 Å². The van der Waals surface area contributed by atoms with Gasteiger partial charge in [0.1, 0.15) is 0 Å². The third-order valence-electron chi connectivity index (χ3n) is 3.69. The zero-order valence-electron chi connectivity index (χ0n) is 10.9. The summed E-state index contributed by atoms with van der Waals surface area (Å²) in [5.41, 5.74) is 0. The summed E-state index contributed by atoms with van der Waals surface area (Å²) in [7, 11) is 3.08. The summed E-state index contributed by atoms with van der Waals surface area (Å²) in [5.74, 6) is -0.142. The molecule has 0 radical (unpaired) electrons. The fourth-order valence-electron chi connectivity index (χ4n) is 2.52. The Morgan fingerprint density at radius 3 is 2.56 bits per heavy atom. The lowest BCUT2D eigenvalue weighted by Crippen LogP contribution is -2.53. The van der Waals surface area contributed by atoms with Gasteiger partial charge in [0.25, 0.3) is 0 Å². The first-order valence-corrected chi connectivity index (χ1v) is 6.42. The van der Waals surface area contributed by atoms with Crippen molar-refractivity contribution in [3.05, 3.63) is 0 Å². The van der Waals surface area contributed by atoms with Crippen molar-refractivity contribution >= 4 is 12.0 Å². The Balaban J connectivity index is 1.89. The molecule has 18 heavy (non-hydrogen) atoms. The molecule has 6 heteroatoms. The molecule has 0 N–H and O–H groups in total. The van der Waals surface area contributed by atoms with Gasteiger partial charge in [-0.15, -0.1) is 0 Å². The van der Waals surface area contributed by atoms with Gasteiger partial charge in [-0.25, -0.2) is 9.86 Å². The maximum Gasteiger partial charge on any atom is 0.346 e. The van der Waals surface area contributed by atoms with Gasteiger partial charge in [-0.3, -0.25) is 14.5 Å². The van der Waals surface area contributed by atoms with Gasteiger partial charge in [-0.1, -0.05) is 12.8 Å². The fraction of sp³-hybridized carbons (Fsp3) is 0.833. The molecule has 1 heterocycles. The summed E-state index contributed by atoms with van der Waals surface area (Å²) in [6.45, 7) is 0.447. The minimum atomic E-state index is -0.461. The van der Waals surface area contributed by atoms with Crippen molar-refractivity contribution in [1.82, 2.24) is 9.96 Å². The number of carbonyl (C=O) groups excluding carboxylic acids is 2. The fourth-order valence-corrected chi connectivity index (χ4v) is 2.52. The molecular formula is C12H20N2O4. The summed E-state index contributed by atoms with van der Waals surface area (Å²) in [6.07, 6.45) is 4.12. The van der Waals surface area contributed by atoms with Crippen molar-refractivity contribution in [2.75, 3.05) is 20.7 Å². The summed E-state index contributed by atoms with van der Waals surface area (Å²) >= 11 is 0. The highest BCUT2D eigenvalue weighted by Crippen LogP contribution is 2.27. The van der Waals surface area contributed by atoms with E-state index in [1.54, 1.807) is 7.05 Å². The van der Waals surface area contributed by atoms with Gasteiger partial charge in [-0.2, -0.15) is 0 Å². The Kier molecular flexibility index (Phi) is 4.06. The van der Waals surface area contributed by atoms with Gasteiger partial charge in [-0.05, 0) is 12.8 Å². The van der Waals surface area contributed by atoms with Crippen molar-refractivity contribution in [3.63, 3.8) is 0 Å². The van der Waals surface area contributed by atoms with Gasteiger partial charge < -0.3 is 4.74 Å². The lowest BCUT2D eigenvalue weighted by molar-refractivity contribution is -0.175. The minimum absolute atomic E-state index is 0.0222. The Labute approximate surface area is 107 Å². The molecule has 2 rings (SSSR count). The quantitative estimate of drug-likeness (QED) is 0.715. The van der Waals surface area contributed by atoms with Crippen LogP contribution >= 0.6 is 0 Å². The Morgan fingerprint density at radius 1 is 1.28 bits per heavy atom. The van der Waals surface area contributed by atoms with E-state index in [9.17, 15) is 9.59 Å². The Bertz CT molecular complexity index is 328. The topological polar surface area (TPSA) is 59.1 Å². The molecule has 1 saturated carbocycles. The van der Waals surface area contributed by atoms with Crippen LogP contribution in [-0.4, -0.2) is 48.9 Å². The van der Waals surface area contributed by atoms with Crippen LogP contribution in [0.3, 0.4) is 0 Å². The zero-order chi connectivity index (χ0) is 13.1. The van der Waals surface area contributed by atoms with Crippen molar-refractivity contribution in [1.29, 1.82) is 0 Å². The molecule has 0 bridgehead atoms. The lowest BCUT2D eigenvalue weighted by atomic mass is 10.1. The molecule has 1 aliphatic carbocycles. The van der Waals surface area contributed by atoms with E-state index in [0.717, 1.165) is 25.7 Å². The molecule has 102 valence electrons. The lowest BCUT2D eigenvalue weighted by Gasteiger charge is -2.37. The highest BCUT2D eigenvalue weighted by molar-refractivity contribution is 5.76. The third-order valence-corrected chi connectivity index (χ3v) is 3.69. The van der Waals surface area contributed by atoms with Crippen LogP contribution < -0.4 is 0 Å². The maximum atomic E-state index is 11.9. The number of amides is 2. The van der Waals surface area contributed by atoms with Crippen LogP contribution in [0.25, 0.3) is 0 Å². The number of hydrogen-bond donors (Lipinski definition) is 0. The second kappa shape index (κ2) is 5.56. The summed E-state index contributed by atoms with van der Waals surface area (Å²) in [4.78, 5) is 30.1. The van der Waals surface area contributed by atoms with Crippen LogP contribution in [0.1, 0.15) is 32.1 Å². The molecular weight excluding hydrogens is 236 g/mol. The molecule has 1 aliphatic heterocycles. The van der Waals surface area contributed by atoms with Gasteiger partial charge >= 0.3 is 12.0 Å². The average molecular weight is 256 g/mol. The number of rotatable bonds is 3. The Morgan fingerprint density at radius 2 is 1.94 bits per heavy atom. The zero-order valence-corrected chi connectivity index (χ0v) is 10.9. The van der Waals surface area contributed by atoms with Crippen LogP contribution in [0.4, 0.5) is 4.79 Å². The normalized spacial score (nSPS) is 25.7. The number of esters is 1. The second-order valence-corrected chi connectivity index (χ2v) is 4.84. The van der Waals surface area contributed by atoms with Crippen LogP contribution in [0.15, 0.2) is 0 Å². The van der Waals surface area contributed by atoms with Crippen LogP contribution in [0.5, 0.6) is 0 Å². The number of hydroxylamine groups is 2. The standard InChI is InChI=1S/C12H20N2O4/c1-13-10(7-8-14(17-2)12(13)16)18-11(15)9-5-3-4-6-9/h9-10H,3-8H2,1-2H3. The highest BCUT2D eigenvalue weighted by Gasteiger charge is 2.35. The predicted molar refractivity (Wildman–Crippen MR) is 63.3 cm³/mol. The average Bonchev–Trinajstić information content (AvgIpc) is 2.89. The van der Waals surface area contributed by atoms with E-state index in [-0.39, 0.29) is 17.9 Å². The van der Waals surface area contributed by atoms with E-state index in [4.69, 9.17) is 9.57 Å². The molecule has 2 fully saturated rings. The summed E-state index contributed by atoms with van der Waals surface area (Å²) in [5, 5.41) is 1.26. The van der Waals surface area contributed by atoms with E-state index < -0.39 is 6.23 Å². The molecule has 0 spiro atoms. The first-order valence-electron chi connectivity index (χ1n) is 6.42. The van der Waals surface area contributed by atoms with E-state index in [2.05, 4.69) is 0 Å². The second-order valence-electron chi connectivity index (χ2n) is 4.84. The van der Waals surface area contributed by atoms with Crippen molar-refractivity contribution < 1.29 is 19.2 Å². The van der Waals surface area contributed by atoms with Gasteiger partial charge in [0.15, 0.2) is 6.23 Å². The summed E-state index contributed by atoms with van der Waals surface area (Å²) in [6, 6.07) is -0.270. The molecule has 2 aliphatic rings.